The smallest absolute Gasteiger partial charge is 0.0175 e. The molecule has 100 valence electrons. The molecule has 0 radical (unpaired) electrons. The minimum absolute atomic E-state index is 0.384. The molecule has 2 N–H and O–H groups in total. The molecular weight excluding hydrogens is 298 g/mol. The molecule has 0 saturated carbocycles. The third kappa shape index (κ3) is 3.92. The van der Waals surface area contributed by atoms with E-state index in [4.69, 9.17) is 5.73 Å². The van der Waals surface area contributed by atoms with E-state index in [0.29, 0.717) is 12.5 Å². The van der Waals surface area contributed by atoms with Crippen molar-refractivity contribution in [3.05, 3.63) is 69.2 Å². The summed E-state index contributed by atoms with van der Waals surface area (Å²) in [6.07, 6.45) is 1.00. The molecule has 0 bridgehead atoms. The predicted molar refractivity (Wildman–Crippen MR) is 85.6 cm³/mol. The molecule has 1 nitrogen and oxygen atoms in total. The summed E-state index contributed by atoms with van der Waals surface area (Å²) in [4.78, 5) is 0. The molecule has 0 aliphatic heterocycles. The van der Waals surface area contributed by atoms with Gasteiger partial charge in [-0.25, -0.2) is 0 Å². The fourth-order valence-electron chi connectivity index (χ4n) is 2.54. The summed E-state index contributed by atoms with van der Waals surface area (Å²) in [6.45, 7) is 4.97. The van der Waals surface area contributed by atoms with Crippen molar-refractivity contribution in [1.82, 2.24) is 0 Å². The lowest BCUT2D eigenvalue weighted by Gasteiger charge is -2.16. The number of aryl methyl sites for hydroxylation is 2. The van der Waals surface area contributed by atoms with Crippen molar-refractivity contribution in [2.24, 2.45) is 5.73 Å². The van der Waals surface area contributed by atoms with Crippen LogP contribution in [0, 0.1) is 13.8 Å². The molecule has 19 heavy (non-hydrogen) atoms. The molecule has 0 heterocycles. The molecule has 0 aromatic heterocycles. The van der Waals surface area contributed by atoms with Crippen molar-refractivity contribution in [1.29, 1.82) is 0 Å². The molecule has 0 aliphatic rings. The van der Waals surface area contributed by atoms with Gasteiger partial charge in [0, 0.05) is 10.4 Å². The van der Waals surface area contributed by atoms with Gasteiger partial charge in [0.05, 0.1) is 0 Å². The maximum Gasteiger partial charge on any atom is 0.0175 e. The zero-order chi connectivity index (χ0) is 13.8. The Labute approximate surface area is 124 Å². The fraction of sp³-hybridized carbons (Fsp3) is 0.294. The van der Waals surface area contributed by atoms with Gasteiger partial charge in [-0.3, -0.25) is 0 Å². The van der Waals surface area contributed by atoms with Crippen molar-refractivity contribution >= 4 is 15.9 Å². The first-order valence-corrected chi connectivity index (χ1v) is 7.40. The Balaban J connectivity index is 2.21. The van der Waals surface area contributed by atoms with Crippen LogP contribution in [-0.2, 0) is 6.42 Å². The van der Waals surface area contributed by atoms with Crippen LogP contribution >= 0.6 is 15.9 Å². The van der Waals surface area contributed by atoms with Gasteiger partial charge in [0.1, 0.15) is 0 Å². The van der Waals surface area contributed by atoms with E-state index in [1.807, 2.05) is 0 Å². The summed E-state index contributed by atoms with van der Waals surface area (Å²) in [5.41, 5.74) is 11.3. The molecular formula is C17H20BrN. The van der Waals surface area contributed by atoms with Crippen LogP contribution in [0.4, 0.5) is 0 Å². The van der Waals surface area contributed by atoms with E-state index >= 15 is 0 Å². The second-order valence-electron chi connectivity index (χ2n) is 5.18. The summed E-state index contributed by atoms with van der Waals surface area (Å²) in [6, 6.07) is 15.2. The molecule has 2 aromatic rings. The monoisotopic (exact) mass is 317 g/mol. The van der Waals surface area contributed by atoms with Crippen LogP contribution in [0.1, 0.15) is 28.2 Å². The lowest BCUT2D eigenvalue weighted by molar-refractivity contribution is 0.693. The van der Waals surface area contributed by atoms with E-state index in [0.717, 1.165) is 10.9 Å². The maximum absolute atomic E-state index is 5.96. The van der Waals surface area contributed by atoms with Crippen LogP contribution in [0.2, 0.25) is 0 Å². The van der Waals surface area contributed by atoms with Crippen LogP contribution in [0.5, 0.6) is 0 Å². The predicted octanol–water partition coefficient (Wildman–Crippen LogP) is 4.35. The quantitative estimate of drug-likeness (QED) is 0.891. The number of hydrogen-bond donors (Lipinski definition) is 1. The van der Waals surface area contributed by atoms with Gasteiger partial charge in [0.25, 0.3) is 0 Å². The Morgan fingerprint density at radius 2 is 1.58 bits per heavy atom. The highest BCUT2D eigenvalue weighted by Crippen LogP contribution is 2.23. The molecule has 2 heteroatoms. The summed E-state index contributed by atoms with van der Waals surface area (Å²) >= 11 is 3.47. The zero-order valence-electron chi connectivity index (χ0n) is 11.5. The molecule has 0 spiro atoms. The Bertz CT molecular complexity index is 525. The average molecular weight is 318 g/mol. The van der Waals surface area contributed by atoms with Gasteiger partial charge >= 0.3 is 0 Å². The first-order valence-electron chi connectivity index (χ1n) is 6.61. The van der Waals surface area contributed by atoms with Gasteiger partial charge in [-0.05, 0) is 50.1 Å². The van der Waals surface area contributed by atoms with E-state index < -0.39 is 0 Å². The molecule has 2 rings (SSSR count). The van der Waals surface area contributed by atoms with E-state index in [9.17, 15) is 0 Å². The van der Waals surface area contributed by atoms with Crippen molar-refractivity contribution in [3.63, 3.8) is 0 Å². The highest BCUT2D eigenvalue weighted by Gasteiger charge is 2.11. The van der Waals surface area contributed by atoms with E-state index in [1.165, 1.54) is 22.3 Å². The number of halogens is 1. The number of rotatable bonds is 4. The Morgan fingerprint density at radius 3 is 2.11 bits per heavy atom. The van der Waals surface area contributed by atoms with Gasteiger partial charge in [0.2, 0.25) is 0 Å². The van der Waals surface area contributed by atoms with Crippen LogP contribution in [-0.4, -0.2) is 6.54 Å². The van der Waals surface area contributed by atoms with Crippen molar-refractivity contribution in [2.75, 3.05) is 6.54 Å². The van der Waals surface area contributed by atoms with E-state index in [1.54, 1.807) is 0 Å². The average Bonchev–Trinajstić information content (AvgIpc) is 2.36. The van der Waals surface area contributed by atoms with E-state index in [2.05, 4.69) is 72.2 Å². The largest absolute Gasteiger partial charge is 0.330 e. The van der Waals surface area contributed by atoms with Gasteiger partial charge in [-0.1, -0.05) is 57.4 Å². The standard InChI is InChI=1S/C17H20BrN/c1-12-7-13(2)9-14(8-12)10-16(11-19)15-3-5-17(18)6-4-15/h3-9,16H,10-11,19H2,1-2H3. The van der Waals surface area contributed by atoms with Crippen molar-refractivity contribution in [2.45, 2.75) is 26.2 Å². The summed E-state index contributed by atoms with van der Waals surface area (Å²) in [5.74, 6) is 0.384. The first-order chi connectivity index (χ1) is 9.08. The zero-order valence-corrected chi connectivity index (χ0v) is 13.1. The lowest BCUT2D eigenvalue weighted by atomic mass is 9.91. The molecule has 2 aromatic carbocycles. The normalized spacial score (nSPS) is 12.4. The number of nitrogens with two attached hydrogens (primary N) is 1. The second kappa shape index (κ2) is 6.36. The van der Waals surface area contributed by atoms with Gasteiger partial charge in [-0.2, -0.15) is 0 Å². The van der Waals surface area contributed by atoms with E-state index in [-0.39, 0.29) is 0 Å². The lowest BCUT2D eigenvalue weighted by Crippen LogP contribution is -2.15. The van der Waals surface area contributed by atoms with Gasteiger partial charge < -0.3 is 5.73 Å². The second-order valence-corrected chi connectivity index (χ2v) is 6.10. The van der Waals surface area contributed by atoms with Crippen molar-refractivity contribution < 1.29 is 0 Å². The minimum atomic E-state index is 0.384. The molecule has 0 fully saturated rings. The number of hydrogen-bond acceptors (Lipinski definition) is 1. The molecule has 0 amide bonds. The van der Waals surface area contributed by atoms with Gasteiger partial charge in [0.15, 0.2) is 0 Å². The molecule has 0 aliphatic carbocycles. The Morgan fingerprint density at radius 1 is 1.00 bits per heavy atom. The molecule has 1 atom stereocenters. The minimum Gasteiger partial charge on any atom is -0.330 e. The highest BCUT2D eigenvalue weighted by molar-refractivity contribution is 9.10. The molecule has 0 saturated heterocycles. The third-order valence-electron chi connectivity index (χ3n) is 3.39. The first kappa shape index (κ1) is 14.3. The van der Waals surface area contributed by atoms with Crippen LogP contribution in [0.15, 0.2) is 46.9 Å². The Kier molecular flexibility index (Phi) is 4.78. The topological polar surface area (TPSA) is 26.0 Å². The van der Waals surface area contributed by atoms with Crippen molar-refractivity contribution in [3.8, 4) is 0 Å². The van der Waals surface area contributed by atoms with Crippen LogP contribution < -0.4 is 5.73 Å². The Hall–Kier alpha value is -1.12. The third-order valence-corrected chi connectivity index (χ3v) is 3.92. The SMILES string of the molecule is Cc1cc(C)cc(CC(CN)c2ccc(Br)cc2)c1. The van der Waals surface area contributed by atoms with Crippen LogP contribution in [0.3, 0.4) is 0 Å². The highest BCUT2D eigenvalue weighted by atomic mass is 79.9. The maximum atomic E-state index is 5.96. The van der Waals surface area contributed by atoms with Crippen LogP contribution in [0.25, 0.3) is 0 Å². The number of benzene rings is 2. The summed E-state index contributed by atoms with van der Waals surface area (Å²) in [7, 11) is 0. The van der Waals surface area contributed by atoms with Gasteiger partial charge in [-0.15, -0.1) is 0 Å². The fourth-order valence-corrected chi connectivity index (χ4v) is 2.81. The molecule has 1 unspecified atom stereocenters. The summed E-state index contributed by atoms with van der Waals surface area (Å²) in [5, 5.41) is 0. The summed E-state index contributed by atoms with van der Waals surface area (Å²) < 4.78 is 1.11.